The van der Waals surface area contributed by atoms with Gasteiger partial charge in [0.2, 0.25) is 0 Å². The summed E-state index contributed by atoms with van der Waals surface area (Å²) in [5.41, 5.74) is 0. The molecule has 0 aromatic heterocycles. The van der Waals surface area contributed by atoms with E-state index in [0.29, 0.717) is 0 Å². The summed E-state index contributed by atoms with van der Waals surface area (Å²) in [5, 5.41) is 0. The van der Waals surface area contributed by atoms with Crippen LogP contribution in [-0.4, -0.2) is 31.2 Å². The number of esters is 1. The van der Waals surface area contributed by atoms with Gasteiger partial charge >= 0.3 is 13.6 Å². The zero-order valence-corrected chi connectivity index (χ0v) is 11.0. The van der Waals surface area contributed by atoms with Gasteiger partial charge in [0.1, 0.15) is 0 Å². The molecule has 7 heteroatoms. The van der Waals surface area contributed by atoms with E-state index in [4.69, 9.17) is 9.05 Å². The molecule has 0 aliphatic heterocycles. The van der Waals surface area contributed by atoms with E-state index in [1.807, 2.05) is 0 Å². The molecular formula is C9H18FO5P. The summed E-state index contributed by atoms with van der Waals surface area (Å²) in [7, 11) is -3.13. The van der Waals surface area contributed by atoms with Crippen molar-refractivity contribution < 1.29 is 27.5 Å². The Morgan fingerprint density at radius 1 is 1.12 bits per heavy atom. The summed E-state index contributed by atoms with van der Waals surface area (Å²) in [6, 6.07) is 0. The first-order valence-corrected chi connectivity index (χ1v) is 6.52. The molecule has 0 bridgehead atoms. The summed E-state index contributed by atoms with van der Waals surface area (Å²) >= 11 is 0. The third-order valence-electron chi connectivity index (χ3n) is 1.39. The van der Waals surface area contributed by atoms with Gasteiger partial charge in [-0.3, -0.25) is 4.57 Å². The molecule has 0 fully saturated rings. The van der Waals surface area contributed by atoms with Gasteiger partial charge in [-0.05, 0) is 27.7 Å². The second-order valence-electron chi connectivity index (χ2n) is 3.71. The number of carbonyl (C=O) groups is 1. The Morgan fingerprint density at radius 3 is 1.75 bits per heavy atom. The van der Waals surface area contributed by atoms with Crippen LogP contribution < -0.4 is 0 Å². The SMILES string of the molecule is COC(=O)C(F)P(=O)(OC(C)C)OC(C)C. The van der Waals surface area contributed by atoms with Crippen molar-refractivity contribution in [3.05, 3.63) is 0 Å². The molecule has 0 rings (SSSR count). The molecule has 0 amide bonds. The van der Waals surface area contributed by atoms with Crippen LogP contribution in [0, 0.1) is 0 Å². The molecule has 1 atom stereocenters. The number of rotatable bonds is 6. The summed E-state index contributed by atoms with van der Waals surface area (Å²) in [6.45, 7) is 6.28. The molecule has 0 aromatic rings. The molecule has 0 spiro atoms. The van der Waals surface area contributed by atoms with E-state index >= 15 is 0 Å². The fourth-order valence-corrected chi connectivity index (χ4v) is 2.75. The van der Waals surface area contributed by atoms with Crippen molar-refractivity contribution in [2.24, 2.45) is 0 Å². The Hall–Kier alpha value is -0.450. The van der Waals surface area contributed by atoms with Crippen LogP contribution in [0.5, 0.6) is 0 Å². The smallest absolute Gasteiger partial charge is 0.376 e. The number of alkyl halides is 1. The predicted molar refractivity (Wildman–Crippen MR) is 57.0 cm³/mol. The van der Waals surface area contributed by atoms with Gasteiger partial charge < -0.3 is 13.8 Å². The van der Waals surface area contributed by atoms with E-state index in [0.717, 1.165) is 7.11 Å². The maximum atomic E-state index is 13.6. The van der Waals surface area contributed by atoms with Crippen LogP contribution >= 0.6 is 7.60 Å². The van der Waals surface area contributed by atoms with Crippen molar-refractivity contribution in [1.82, 2.24) is 0 Å². The minimum absolute atomic E-state index is 0.521. The lowest BCUT2D eigenvalue weighted by Crippen LogP contribution is -2.23. The van der Waals surface area contributed by atoms with Crippen LogP contribution in [0.4, 0.5) is 4.39 Å². The van der Waals surface area contributed by atoms with Crippen LogP contribution in [0.1, 0.15) is 27.7 Å². The molecule has 0 aliphatic rings. The quantitative estimate of drug-likeness (QED) is 0.539. The molecule has 96 valence electrons. The van der Waals surface area contributed by atoms with Crippen molar-refractivity contribution in [2.45, 2.75) is 45.8 Å². The molecule has 0 aromatic carbocycles. The van der Waals surface area contributed by atoms with Crippen LogP contribution in [0.25, 0.3) is 0 Å². The molecule has 0 N–H and O–H groups in total. The van der Waals surface area contributed by atoms with Gasteiger partial charge in [-0.25, -0.2) is 9.18 Å². The summed E-state index contributed by atoms with van der Waals surface area (Å²) in [6.07, 6.45) is -1.04. The Labute approximate surface area is 94.8 Å². The molecular weight excluding hydrogens is 238 g/mol. The zero-order valence-electron chi connectivity index (χ0n) is 10.1. The third kappa shape index (κ3) is 4.60. The highest BCUT2D eigenvalue weighted by molar-refractivity contribution is 7.55. The minimum Gasteiger partial charge on any atom is -0.466 e. The van der Waals surface area contributed by atoms with Gasteiger partial charge in [-0.1, -0.05) is 0 Å². The van der Waals surface area contributed by atoms with Crippen LogP contribution in [0.15, 0.2) is 0 Å². The summed E-state index contributed by atoms with van der Waals surface area (Å²) in [4.78, 5) is 11.0. The van der Waals surface area contributed by atoms with E-state index in [1.165, 1.54) is 0 Å². The number of halogens is 1. The first kappa shape index (κ1) is 15.6. The van der Waals surface area contributed by atoms with Crippen molar-refractivity contribution in [1.29, 1.82) is 0 Å². The minimum atomic E-state index is -4.14. The normalized spacial score (nSPS) is 14.2. The standard InChI is InChI=1S/C9H18FO5P/c1-6(2)14-16(12,15-7(3)4)8(10)9(11)13-5/h6-8H,1-5H3. The third-order valence-corrected chi connectivity index (χ3v) is 3.59. The lowest BCUT2D eigenvalue weighted by Gasteiger charge is -2.23. The largest absolute Gasteiger partial charge is 0.466 e. The summed E-state index contributed by atoms with van der Waals surface area (Å²) in [5.74, 6) is -3.67. The number of methoxy groups -OCH3 is 1. The van der Waals surface area contributed by atoms with E-state index in [-0.39, 0.29) is 0 Å². The molecule has 0 saturated carbocycles. The van der Waals surface area contributed by atoms with Crippen molar-refractivity contribution in [3.8, 4) is 0 Å². The number of hydrogen-bond acceptors (Lipinski definition) is 5. The van der Waals surface area contributed by atoms with Gasteiger partial charge in [0.15, 0.2) is 0 Å². The first-order valence-electron chi connectivity index (χ1n) is 4.91. The lowest BCUT2D eigenvalue weighted by molar-refractivity contribution is -0.144. The van der Waals surface area contributed by atoms with Gasteiger partial charge in [0.25, 0.3) is 5.91 Å². The fraction of sp³-hybridized carbons (Fsp3) is 0.889. The number of ether oxygens (including phenoxy) is 1. The van der Waals surface area contributed by atoms with E-state index in [9.17, 15) is 13.8 Å². The maximum absolute atomic E-state index is 13.6. The highest BCUT2D eigenvalue weighted by Crippen LogP contribution is 2.55. The predicted octanol–water partition coefficient (Wildman–Crippen LogP) is 2.50. The lowest BCUT2D eigenvalue weighted by atomic mass is 10.5. The maximum Gasteiger partial charge on any atom is 0.376 e. The Morgan fingerprint density at radius 2 is 1.50 bits per heavy atom. The van der Waals surface area contributed by atoms with Gasteiger partial charge in [-0.15, -0.1) is 0 Å². The molecule has 5 nitrogen and oxygen atoms in total. The van der Waals surface area contributed by atoms with E-state index < -0.39 is 31.7 Å². The van der Waals surface area contributed by atoms with Crippen molar-refractivity contribution in [3.63, 3.8) is 0 Å². The summed E-state index contributed by atoms with van der Waals surface area (Å²) < 4.78 is 39.5. The fourth-order valence-electron chi connectivity index (χ4n) is 0.946. The molecule has 0 radical (unpaired) electrons. The molecule has 1 unspecified atom stereocenters. The Kier molecular flexibility index (Phi) is 6.15. The van der Waals surface area contributed by atoms with Gasteiger partial charge in [-0.2, -0.15) is 0 Å². The van der Waals surface area contributed by atoms with E-state index in [2.05, 4.69) is 4.74 Å². The highest BCUT2D eigenvalue weighted by atomic mass is 31.2. The second kappa shape index (κ2) is 6.33. The molecule has 0 heterocycles. The van der Waals surface area contributed by atoms with Crippen LogP contribution in [0.3, 0.4) is 0 Å². The Balaban J connectivity index is 4.91. The van der Waals surface area contributed by atoms with Gasteiger partial charge in [0, 0.05) is 0 Å². The Bertz CT molecular complexity index is 265. The average Bonchev–Trinajstić information content (AvgIpc) is 2.12. The second-order valence-corrected chi connectivity index (χ2v) is 5.66. The van der Waals surface area contributed by atoms with Crippen LogP contribution in [-0.2, 0) is 23.1 Å². The molecule has 0 aliphatic carbocycles. The highest BCUT2D eigenvalue weighted by Gasteiger charge is 2.44. The van der Waals surface area contributed by atoms with Crippen molar-refractivity contribution in [2.75, 3.05) is 7.11 Å². The zero-order chi connectivity index (χ0) is 12.9. The van der Waals surface area contributed by atoms with Gasteiger partial charge in [0.05, 0.1) is 19.3 Å². The topological polar surface area (TPSA) is 61.8 Å². The van der Waals surface area contributed by atoms with Crippen LogP contribution in [0.2, 0.25) is 0 Å². The molecule has 0 saturated heterocycles. The average molecular weight is 256 g/mol. The van der Waals surface area contributed by atoms with Crippen molar-refractivity contribution >= 4 is 13.6 Å². The van der Waals surface area contributed by atoms with E-state index in [1.54, 1.807) is 27.7 Å². The number of hydrogen-bond donors (Lipinski definition) is 0. The molecule has 16 heavy (non-hydrogen) atoms. The number of carbonyl (C=O) groups excluding carboxylic acids is 1. The monoisotopic (exact) mass is 256 g/mol. The first-order chi connectivity index (χ1) is 7.23.